The maximum atomic E-state index is 5.97. The second-order valence-corrected chi connectivity index (χ2v) is 5.96. The first kappa shape index (κ1) is 12.6. The van der Waals surface area contributed by atoms with E-state index >= 15 is 0 Å². The highest BCUT2D eigenvalue weighted by atomic mass is 15.2. The van der Waals surface area contributed by atoms with Gasteiger partial charge in [-0.05, 0) is 33.1 Å². The smallest absolute Gasteiger partial charge is 0.153 e. The first-order valence-electron chi connectivity index (χ1n) is 6.75. The SMILES string of the molecule is CC(C)(N)CCc1nc(C2CCCCC2)n[nH]1. The Morgan fingerprint density at radius 2 is 2.00 bits per heavy atom. The predicted octanol–water partition coefficient (Wildman–Crippen LogP) is 2.52. The summed E-state index contributed by atoms with van der Waals surface area (Å²) in [6.45, 7) is 4.09. The molecule has 1 aromatic heterocycles. The largest absolute Gasteiger partial charge is 0.326 e. The Labute approximate surface area is 103 Å². The standard InChI is InChI=1S/C13H24N4/c1-13(2,14)9-8-11-15-12(17-16-11)10-6-4-3-5-7-10/h10H,3-9,14H2,1-2H3,(H,15,16,17). The van der Waals surface area contributed by atoms with Crippen LogP contribution in [0.25, 0.3) is 0 Å². The number of H-pyrrole nitrogens is 1. The normalized spacial score (nSPS) is 18.5. The van der Waals surface area contributed by atoms with Crippen LogP contribution < -0.4 is 5.73 Å². The molecule has 1 fully saturated rings. The van der Waals surface area contributed by atoms with Gasteiger partial charge in [-0.25, -0.2) is 4.98 Å². The summed E-state index contributed by atoms with van der Waals surface area (Å²) < 4.78 is 0. The summed E-state index contributed by atoms with van der Waals surface area (Å²) >= 11 is 0. The van der Waals surface area contributed by atoms with Crippen LogP contribution in [0.5, 0.6) is 0 Å². The van der Waals surface area contributed by atoms with Crippen molar-refractivity contribution in [2.24, 2.45) is 5.73 Å². The number of hydrogen-bond acceptors (Lipinski definition) is 3. The van der Waals surface area contributed by atoms with Crippen LogP contribution in [0, 0.1) is 0 Å². The molecule has 0 aliphatic heterocycles. The minimum absolute atomic E-state index is 0.127. The fourth-order valence-electron chi connectivity index (χ4n) is 2.41. The number of nitrogens with zero attached hydrogens (tertiary/aromatic N) is 2. The van der Waals surface area contributed by atoms with Gasteiger partial charge >= 0.3 is 0 Å². The van der Waals surface area contributed by atoms with Crippen molar-refractivity contribution in [1.29, 1.82) is 0 Å². The lowest BCUT2D eigenvalue weighted by Gasteiger charge is -2.18. The predicted molar refractivity (Wildman–Crippen MR) is 68.8 cm³/mol. The Kier molecular flexibility index (Phi) is 3.82. The van der Waals surface area contributed by atoms with Crippen LogP contribution >= 0.6 is 0 Å². The molecule has 0 atom stereocenters. The van der Waals surface area contributed by atoms with Crippen LogP contribution in [-0.4, -0.2) is 20.7 Å². The Balaban J connectivity index is 1.91. The van der Waals surface area contributed by atoms with Gasteiger partial charge in [0.2, 0.25) is 0 Å². The molecule has 2 rings (SSSR count). The molecule has 3 N–H and O–H groups in total. The number of nitrogens with two attached hydrogens (primary N) is 1. The minimum atomic E-state index is -0.127. The van der Waals surface area contributed by atoms with Gasteiger partial charge in [0.05, 0.1) is 0 Å². The molecule has 1 heterocycles. The molecule has 1 saturated carbocycles. The summed E-state index contributed by atoms with van der Waals surface area (Å²) in [7, 11) is 0. The Hall–Kier alpha value is -0.900. The fourth-order valence-corrected chi connectivity index (χ4v) is 2.41. The zero-order valence-electron chi connectivity index (χ0n) is 11.0. The van der Waals surface area contributed by atoms with Gasteiger partial charge in [-0.15, -0.1) is 0 Å². The summed E-state index contributed by atoms with van der Waals surface area (Å²) in [6.07, 6.45) is 8.35. The lowest BCUT2D eigenvalue weighted by Crippen LogP contribution is -2.32. The summed E-state index contributed by atoms with van der Waals surface area (Å²) in [5.74, 6) is 2.60. The van der Waals surface area contributed by atoms with Gasteiger partial charge in [0.1, 0.15) is 5.82 Å². The lowest BCUT2D eigenvalue weighted by molar-refractivity contribution is 0.429. The van der Waals surface area contributed by atoms with Crippen molar-refractivity contribution in [3.8, 4) is 0 Å². The molecule has 0 amide bonds. The van der Waals surface area contributed by atoms with E-state index in [2.05, 4.69) is 15.2 Å². The zero-order chi connectivity index (χ0) is 12.3. The number of nitrogens with one attached hydrogen (secondary N) is 1. The van der Waals surface area contributed by atoms with Crippen molar-refractivity contribution < 1.29 is 0 Å². The number of aryl methyl sites for hydroxylation is 1. The fraction of sp³-hybridized carbons (Fsp3) is 0.846. The van der Waals surface area contributed by atoms with Crippen LogP contribution in [0.3, 0.4) is 0 Å². The van der Waals surface area contributed by atoms with E-state index in [0.717, 1.165) is 24.5 Å². The average Bonchev–Trinajstić information content (AvgIpc) is 2.75. The van der Waals surface area contributed by atoms with Crippen LogP contribution in [0.1, 0.15) is 69.9 Å². The summed E-state index contributed by atoms with van der Waals surface area (Å²) in [5.41, 5.74) is 5.84. The van der Waals surface area contributed by atoms with E-state index in [0.29, 0.717) is 5.92 Å². The van der Waals surface area contributed by atoms with Gasteiger partial charge in [-0.3, -0.25) is 5.10 Å². The molecule has 4 nitrogen and oxygen atoms in total. The maximum absolute atomic E-state index is 5.97. The van der Waals surface area contributed by atoms with E-state index in [1.807, 2.05) is 13.8 Å². The molecule has 1 aliphatic carbocycles. The van der Waals surface area contributed by atoms with Crippen molar-refractivity contribution in [2.45, 2.75) is 70.3 Å². The van der Waals surface area contributed by atoms with Gasteiger partial charge in [-0.1, -0.05) is 19.3 Å². The number of aromatic nitrogens is 3. The quantitative estimate of drug-likeness (QED) is 0.844. The topological polar surface area (TPSA) is 67.6 Å². The van der Waals surface area contributed by atoms with Gasteiger partial charge in [-0.2, -0.15) is 5.10 Å². The molecule has 1 aromatic rings. The van der Waals surface area contributed by atoms with Crippen molar-refractivity contribution >= 4 is 0 Å². The molecule has 17 heavy (non-hydrogen) atoms. The molecule has 0 unspecified atom stereocenters. The molecule has 0 aromatic carbocycles. The molecule has 0 spiro atoms. The molecular formula is C13H24N4. The van der Waals surface area contributed by atoms with E-state index in [1.54, 1.807) is 0 Å². The van der Waals surface area contributed by atoms with Gasteiger partial charge in [0, 0.05) is 17.9 Å². The third-order valence-electron chi connectivity index (χ3n) is 3.53. The monoisotopic (exact) mass is 236 g/mol. The Bertz CT molecular complexity index is 345. The molecular weight excluding hydrogens is 212 g/mol. The maximum Gasteiger partial charge on any atom is 0.153 e. The highest BCUT2D eigenvalue weighted by molar-refractivity contribution is 4.99. The van der Waals surface area contributed by atoms with E-state index in [9.17, 15) is 0 Å². The molecule has 96 valence electrons. The summed E-state index contributed by atoms with van der Waals surface area (Å²) in [6, 6.07) is 0. The minimum Gasteiger partial charge on any atom is -0.326 e. The lowest BCUT2D eigenvalue weighted by atomic mass is 9.89. The van der Waals surface area contributed by atoms with Crippen LogP contribution in [0.2, 0.25) is 0 Å². The number of aromatic amines is 1. The second-order valence-electron chi connectivity index (χ2n) is 5.96. The average molecular weight is 236 g/mol. The van der Waals surface area contributed by atoms with Crippen molar-refractivity contribution in [1.82, 2.24) is 15.2 Å². The van der Waals surface area contributed by atoms with E-state index in [1.165, 1.54) is 32.1 Å². The Morgan fingerprint density at radius 3 is 2.65 bits per heavy atom. The van der Waals surface area contributed by atoms with E-state index in [-0.39, 0.29) is 5.54 Å². The highest BCUT2D eigenvalue weighted by Crippen LogP contribution is 2.30. The van der Waals surface area contributed by atoms with Crippen molar-refractivity contribution in [3.05, 3.63) is 11.6 Å². The van der Waals surface area contributed by atoms with Gasteiger partial charge in [0.25, 0.3) is 0 Å². The highest BCUT2D eigenvalue weighted by Gasteiger charge is 2.20. The molecule has 4 heteroatoms. The first-order chi connectivity index (χ1) is 8.04. The third-order valence-corrected chi connectivity index (χ3v) is 3.53. The molecule has 1 aliphatic rings. The van der Waals surface area contributed by atoms with Gasteiger partial charge < -0.3 is 5.73 Å². The molecule has 0 radical (unpaired) electrons. The summed E-state index contributed by atoms with van der Waals surface area (Å²) in [5, 5.41) is 7.42. The van der Waals surface area contributed by atoms with E-state index < -0.39 is 0 Å². The number of rotatable bonds is 4. The zero-order valence-corrected chi connectivity index (χ0v) is 11.0. The molecule has 0 bridgehead atoms. The summed E-state index contributed by atoms with van der Waals surface area (Å²) in [4.78, 5) is 4.61. The van der Waals surface area contributed by atoms with Crippen LogP contribution in [0.15, 0.2) is 0 Å². The van der Waals surface area contributed by atoms with E-state index in [4.69, 9.17) is 5.73 Å². The van der Waals surface area contributed by atoms with Crippen molar-refractivity contribution in [3.63, 3.8) is 0 Å². The first-order valence-corrected chi connectivity index (χ1v) is 6.75. The number of hydrogen-bond donors (Lipinski definition) is 2. The Morgan fingerprint density at radius 1 is 1.29 bits per heavy atom. The third kappa shape index (κ3) is 3.80. The van der Waals surface area contributed by atoms with Crippen LogP contribution in [0.4, 0.5) is 0 Å². The van der Waals surface area contributed by atoms with Crippen molar-refractivity contribution in [2.75, 3.05) is 0 Å². The van der Waals surface area contributed by atoms with Crippen LogP contribution in [-0.2, 0) is 6.42 Å². The molecule has 0 saturated heterocycles. The second kappa shape index (κ2) is 5.17. The van der Waals surface area contributed by atoms with Gasteiger partial charge in [0.15, 0.2) is 5.82 Å².